The number of ketones is 1. The minimum absolute atomic E-state index is 0. The van der Waals surface area contributed by atoms with Crippen molar-refractivity contribution in [1.82, 2.24) is 0 Å². The molecule has 10 heteroatoms. The number of phenols is 3. The molecule has 0 amide bonds. The molecule has 0 aliphatic rings. The second kappa shape index (κ2) is 13.1. The van der Waals surface area contributed by atoms with Gasteiger partial charge in [0.25, 0.3) is 0 Å². The molecular formula is C21H26NaO8P. The van der Waals surface area contributed by atoms with Gasteiger partial charge in [0, 0.05) is 18.6 Å². The van der Waals surface area contributed by atoms with E-state index in [2.05, 4.69) is 6.92 Å². The number of benzene rings is 2. The predicted molar refractivity (Wildman–Crippen MR) is 109 cm³/mol. The largest absolute Gasteiger partial charge is 1.00 e. The van der Waals surface area contributed by atoms with Crippen molar-refractivity contribution in [2.75, 3.05) is 6.61 Å². The smallest absolute Gasteiger partial charge is 0.746 e. The molecule has 8 nitrogen and oxygen atoms in total. The molecule has 164 valence electrons. The van der Waals surface area contributed by atoms with Crippen molar-refractivity contribution in [3.05, 3.63) is 47.5 Å². The summed E-state index contributed by atoms with van der Waals surface area (Å²) in [6, 6.07) is 8.10. The molecule has 0 heterocycles. The first kappa shape index (κ1) is 27.5. The molecular weight excluding hydrogens is 434 g/mol. The second-order valence-electron chi connectivity index (χ2n) is 6.86. The van der Waals surface area contributed by atoms with E-state index in [1.54, 1.807) is 12.1 Å². The molecule has 0 aliphatic heterocycles. The van der Waals surface area contributed by atoms with Crippen molar-refractivity contribution in [2.45, 2.75) is 45.4 Å². The standard InChI is InChI=1S/C21H27O8P.Na/c1-2-3-4-5-12-28-30(26,27)29-17-9-6-15(7-10-17)8-11-18(23)21-19(24)13-16(22)14-20(21)25;/h6-7,9-10,13-14,22,24-25H,2-5,8,11-12H2,1H3,(H,26,27);/q;+1/p-1. The van der Waals surface area contributed by atoms with Crippen LogP contribution in [-0.4, -0.2) is 27.7 Å². The Morgan fingerprint density at radius 1 is 1.03 bits per heavy atom. The average Bonchev–Trinajstić information content (AvgIpc) is 2.66. The van der Waals surface area contributed by atoms with E-state index in [0.29, 0.717) is 12.8 Å². The van der Waals surface area contributed by atoms with Crippen LogP contribution in [0.25, 0.3) is 0 Å². The number of phosphoric ester groups is 1. The van der Waals surface area contributed by atoms with Crippen LogP contribution in [-0.2, 0) is 15.5 Å². The molecule has 2 aromatic rings. The van der Waals surface area contributed by atoms with E-state index in [0.717, 1.165) is 37.0 Å². The van der Waals surface area contributed by atoms with Gasteiger partial charge in [-0.3, -0.25) is 9.36 Å². The van der Waals surface area contributed by atoms with Crippen molar-refractivity contribution in [1.29, 1.82) is 0 Å². The van der Waals surface area contributed by atoms with Crippen LogP contribution in [0.3, 0.4) is 0 Å². The number of Topliss-reactive ketones (excluding diaryl/α,β-unsaturated/α-hetero) is 1. The van der Waals surface area contributed by atoms with Gasteiger partial charge in [0.05, 0.1) is 6.61 Å². The maximum absolute atomic E-state index is 12.3. The Morgan fingerprint density at radius 2 is 1.65 bits per heavy atom. The number of phosphoric acid groups is 1. The Labute approximate surface area is 203 Å². The molecule has 1 unspecified atom stereocenters. The summed E-state index contributed by atoms with van der Waals surface area (Å²) in [6.45, 7) is 2.14. The molecule has 0 aromatic heterocycles. The van der Waals surface area contributed by atoms with Gasteiger partial charge in [-0.25, -0.2) is 0 Å². The van der Waals surface area contributed by atoms with Crippen molar-refractivity contribution < 1.29 is 68.2 Å². The number of hydrogen-bond donors (Lipinski definition) is 3. The maximum atomic E-state index is 12.3. The van der Waals surface area contributed by atoms with Gasteiger partial charge in [-0.05, 0) is 30.5 Å². The van der Waals surface area contributed by atoms with E-state index in [9.17, 15) is 29.6 Å². The summed E-state index contributed by atoms with van der Waals surface area (Å²) in [5.41, 5.74) is 0.478. The zero-order valence-corrected chi connectivity index (χ0v) is 20.6. The van der Waals surface area contributed by atoms with Gasteiger partial charge in [-0.2, -0.15) is 0 Å². The van der Waals surface area contributed by atoms with E-state index in [1.165, 1.54) is 12.1 Å². The third-order valence-corrected chi connectivity index (χ3v) is 5.32. The molecule has 0 aliphatic carbocycles. The van der Waals surface area contributed by atoms with Gasteiger partial charge >= 0.3 is 37.4 Å². The zero-order valence-electron chi connectivity index (χ0n) is 17.7. The summed E-state index contributed by atoms with van der Waals surface area (Å²) >= 11 is 0. The summed E-state index contributed by atoms with van der Waals surface area (Å²) in [7, 11) is -4.44. The van der Waals surface area contributed by atoms with E-state index in [1.807, 2.05) is 0 Å². The molecule has 0 fully saturated rings. The Balaban J connectivity index is 0.00000480. The van der Waals surface area contributed by atoms with Crippen LogP contribution < -0.4 is 39.0 Å². The summed E-state index contributed by atoms with van der Waals surface area (Å²) in [6.07, 6.45) is 3.88. The van der Waals surface area contributed by atoms with Crippen molar-refractivity contribution >= 4 is 13.6 Å². The zero-order chi connectivity index (χ0) is 22.1. The third kappa shape index (κ3) is 9.23. The third-order valence-electron chi connectivity index (χ3n) is 4.39. The van der Waals surface area contributed by atoms with Crippen LogP contribution in [0.4, 0.5) is 0 Å². The normalized spacial score (nSPS) is 12.6. The van der Waals surface area contributed by atoms with Crippen LogP contribution in [0.5, 0.6) is 23.0 Å². The summed E-state index contributed by atoms with van der Waals surface area (Å²) in [5, 5.41) is 28.8. The second-order valence-corrected chi connectivity index (χ2v) is 8.19. The predicted octanol–water partition coefficient (Wildman–Crippen LogP) is 1.07. The van der Waals surface area contributed by atoms with Crippen molar-refractivity contribution in [3.8, 4) is 23.0 Å². The first-order chi connectivity index (χ1) is 14.2. The van der Waals surface area contributed by atoms with Crippen molar-refractivity contribution in [3.63, 3.8) is 0 Å². The fourth-order valence-corrected chi connectivity index (χ4v) is 3.63. The Hall–Kier alpha value is -1.54. The number of aryl methyl sites for hydroxylation is 1. The first-order valence-corrected chi connectivity index (χ1v) is 11.2. The summed E-state index contributed by atoms with van der Waals surface area (Å²) < 4.78 is 21.6. The number of phenolic OH excluding ortho intramolecular Hbond substituents is 3. The van der Waals surface area contributed by atoms with Crippen LogP contribution in [0.15, 0.2) is 36.4 Å². The Bertz CT molecular complexity index is 878. The SMILES string of the molecule is CCCCCCOP(=O)([O-])Oc1ccc(CCC(=O)c2c(O)cc(O)cc2O)cc1.[Na+]. The summed E-state index contributed by atoms with van der Waals surface area (Å²) in [5.74, 6) is -1.74. The quantitative estimate of drug-likeness (QED) is 0.185. The van der Waals surface area contributed by atoms with Crippen LogP contribution in [0, 0.1) is 0 Å². The van der Waals surface area contributed by atoms with Crippen LogP contribution >= 0.6 is 7.82 Å². The fraction of sp³-hybridized carbons (Fsp3) is 0.381. The van der Waals surface area contributed by atoms with Crippen molar-refractivity contribution in [2.24, 2.45) is 0 Å². The fourth-order valence-electron chi connectivity index (χ4n) is 2.84. The maximum Gasteiger partial charge on any atom is 1.00 e. The van der Waals surface area contributed by atoms with Gasteiger partial charge in [0.1, 0.15) is 28.6 Å². The molecule has 0 radical (unpaired) electrons. The van der Waals surface area contributed by atoms with E-state index < -0.39 is 25.1 Å². The van der Waals surface area contributed by atoms with E-state index in [4.69, 9.17) is 9.05 Å². The molecule has 0 saturated carbocycles. The number of rotatable bonds is 12. The minimum Gasteiger partial charge on any atom is -0.746 e. The van der Waals surface area contributed by atoms with Gasteiger partial charge in [0.15, 0.2) is 5.78 Å². The van der Waals surface area contributed by atoms with Gasteiger partial charge < -0.3 is 29.3 Å². The Kier molecular flexibility index (Phi) is 11.6. The van der Waals surface area contributed by atoms with Crippen LogP contribution in [0.2, 0.25) is 0 Å². The molecule has 2 rings (SSSR count). The number of carbonyl (C=O) groups excluding carboxylic acids is 1. The van der Waals surface area contributed by atoms with Gasteiger partial charge in [-0.15, -0.1) is 0 Å². The first-order valence-electron chi connectivity index (χ1n) is 9.74. The number of carbonyl (C=O) groups is 1. The molecule has 2 aromatic carbocycles. The molecule has 0 bridgehead atoms. The Morgan fingerprint density at radius 3 is 2.23 bits per heavy atom. The minimum atomic E-state index is -4.44. The van der Waals surface area contributed by atoms with Crippen LogP contribution in [0.1, 0.15) is 54.9 Å². The number of aromatic hydroxyl groups is 3. The number of unbranched alkanes of at least 4 members (excludes halogenated alkanes) is 3. The molecule has 0 spiro atoms. The van der Waals surface area contributed by atoms with Gasteiger partial charge in [0.2, 0.25) is 0 Å². The monoisotopic (exact) mass is 460 g/mol. The number of hydrogen-bond acceptors (Lipinski definition) is 8. The van der Waals surface area contributed by atoms with E-state index >= 15 is 0 Å². The van der Waals surface area contributed by atoms with Gasteiger partial charge in [-0.1, -0.05) is 38.3 Å². The van der Waals surface area contributed by atoms with E-state index in [-0.39, 0.29) is 59.6 Å². The summed E-state index contributed by atoms with van der Waals surface area (Å²) in [4.78, 5) is 24.1. The topological polar surface area (TPSA) is 136 Å². The molecule has 3 N–H and O–H groups in total. The molecule has 31 heavy (non-hydrogen) atoms. The molecule has 1 atom stereocenters. The average molecular weight is 460 g/mol. The molecule has 0 saturated heterocycles.